The molecule has 0 spiro atoms. The molecule has 0 aromatic carbocycles. The van der Waals surface area contributed by atoms with Crippen molar-refractivity contribution in [2.45, 2.75) is 46.1 Å². The monoisotopic (exact) mass is 236 g/mol. The highest BCUT2D eigenvalue weighted by molar-refractivity contribution is 7.89. The lowest BCUT2D eigenvalue weighted by Crippen LogP contribution is -2.41. The Morgan fingerprint density at radius 2 is 1.93 bits per heavy atom. The average Bonchev–Trinajstić information content (AvgIpc) is 2.17. The van der Waals surface area contributed by atoms with Gasteiger partial charge in [-0.25, -0.2) is 8.42 Å². The minimum atomic E-state index is -3.15. The molecule has 0 aliphatic heterocycles. The summed E-state index contributed by atoms with van der Waals surface area (Å²) in [6.07, 6.45) is 2.76. The average molecular weight is 236 g/mol. The van der Waals surface area contributed by atoms with E-state index >= 15 is 0 Å². The first-order chi connectivity index (χ1) is 6.99. The number of hydrogen-bond donors (Lipinski definition) is 1. The minimum Gasteiger partial charge on any atom is -0.329 e. The second kappa shape index (κ2) is 7.19. The van der Waals surface area contributed by atoms with Crippen LogP contribution in [-0.2, 0) is 10.0 Å². The smallest absolute Gasteiger partial charge is 0.215 e. The summed E-state index contributed by atoms with van der Waals surface area (Å²) >= 11 is 0. The lowest BCUT2D eigenvalue weighted by Gasteiger charge is -2.27. The molecule has 0 saturated carbocycles. The molecular formula is C10H24N2O2S. The van der Waals surface area contributed by atoms with Crippen molar-refractivity contribution in [1.29, 1.82) is 0 Å². The topological polar surface area (TPSA) is 63.4 Å². The van der Waals surface area contributed by atoms with Gasteiger partial charge in [0.15, 0.2) is 0 Å². The van der Waals surface area contributed by atoms with Gasteiger partial charge in [-0.05, 0) is 19.8 Å². The molecule has 0 saturated heterocycles. The molecule has 0 aromatic heterocycles. The SMILES string of the molecule is CCCCN(C(C)CC)S(=O)(=O)CCN. The van der Waals surface area contributed by atoms with Gasteiger partial charge in [-0.2, -0.15) is 4.31 Å². The van der Waals surface area contributed by atoms with E-state index in [4.69, 9.17) is 5.73 Å². The van der Waals surface area contributed by atoms with Crippen LogP contribution in [0.3, 0.4) is 0 Å². The fourth-order valence-corrected chi connectivity index (χ4v) is 3.05. The van der Waals surface area contributed by atoms with Gasteiger partial charge in [-0.15, -0.1) is 0 Å². The van der Waals surface area contributed by atoms with Crippen molar-refractivity contribution in [3.05, 3.63) is 0 Å². The van der Waals surface area contributed by atoms with Crippen LogP contribution < -0.4 is 5.73 Å². The van der Waals surface area contributed by atoms with E-state index in [1.54, 1.807) is 4.31 Å². The summed E-state index contributed by atoms with van der Waals surface area (Å²) < 4.78 is 25.4. The third-order valence-corrected chi connectivity index (χ3v) is 4.56. The van der Waals surface area contributed by atoms with E-state index in [2.05, 4.69) is 6.92 Å². The Bertz CT molecular complexity index is 252. The maximum absolute atomic E-state index is 11.9. The number of unbranched alkanes of at least 4 members (excludes halogenated alkanes) is 1. The third kappa shape index (κ3) is 4.95. The predicted molar refractivity (Wildman–Crippen MR) is 64.2 cm³/mol. The second-order valence-corrected chi connectivity index (χ2v) is 5.87. The van der Waals surface area contributed by atoms with Crippen molar-refractivity contribution < 1.29 is 8.42 Å². The molecule has 0 radical (unpaired) electrons. The highest BCUT2D eigenvalue weighted by atomic mass is 32.2. The zero-order chi connectivity index (χ0) is 11.9. The van der Waals surface area contributed by atoms with Crippen LogP contribution in [-0.4, -0.2) is 37.6 Å². The standard InChI is InChI=1S/C10H24N2O2S/c1-4-6-8-12(10(3)5-2)15(13,14)9-7-11/h10H,4-9,11H2,1-3H3. The van der Waals surface area contributed by atoms with Gasteiger partial charge in [0, 0.05) is 19.1 Å². The first-order valence-corrected chi connectivity index (χ1v) is 7.30. The van der Waals surface area contributed by atoms with Crippen molar-refractivity contribution in [1.82, 2.24) is 4.31 Å². The van der Waals surface area contributed by atoms with Gasteiger partial charge < -0.3 is 5.73 Å². The minimum absolute atomic E-state index is 0.0566. The molecule has 0 amide bonds. The Labute approximate surface area is 93.9 Å². The van der Waals surface area contributed by atoms with Crippen LogP contribution in [0.4, 0.5) is 0 Å². The molecule has 92 valence electrons. The van der Waals surface area contributed by atoms with Crippen LogP contribution in [0.15, 0.2) is 0 Å². The van der Waals surface area contributed by atoms with E-state index in [1.165, 1.54) is 0 Å². The normalized spacial score (nSPS) is 14.5. The van der Waals surface area contributed by atoms with Gasteiger partial charge in [-0.1, -0.05) is 20.3 Å². The lowest BCUT2D eigenvalue weighted by molar-refractivity contribution is 0.324. The zero-order valence-electron chi connectivity index (χ0n) is 10.1. The summed E-state index contributed by atoms with van der Waals surface area (Å²) in [5.74, 6) is 0.0566. The molecule has 0 fully saturated rings. The van der Waals surface area contributed by atoms with Crippen LogP contribution >= 0.6 is 0 Å². The van der Waals surface area contributed by atoms with Crippen LogP contribution in [0, 0.1) is 0 Å². The molecule has 1 unspecified atom stereocenters. The fourth-order valence-electron chi connectivity index (χ4n) is 1.42. The van der Waals surface area contributed by atoms with Crippen molar-refractivity contribution in [2.75, 3.05) is 18.8 Å². The Balaban J connectivity index is 4.61. The quantitative estimate of drug-likeness (QED) is 0.688. The van der Waals surface area contributed by atoms with E-state index in [0.29, 0.717) is 6.54 Å². The molecule has 0 rings (SSSR count). The molecule has 0 aliphatic rings. The number of nitrogens with two attached hydrogens (primary N) is 1. The molecule has 15 heavy (non-hydrogen) atoms. The van der Waals surface area contributed by atoms with Crippen molar-refractivity contribution >= 4 is 10.0 Å². The highest BCUT2D eigenvalue weighted by Gasteiger charge is 2.24. The highest BCUT2D eigenvalue weighted by Crippen LogP contribution is 2.11. The van der Waals surface area contributed by atoms with Gasteiger partial charge in [-0.3, -0.25) is 0 Å². The Morgan fingerprint density at radius 3 is 2.33 bits per heavy atom. The van der Waals surface area contributed by atoms with Crippen LogP contribution in [0.25, 0.3) is 0 Å². The molecule has 0 aromatic rings. The molecular weight excluding hydrogens is 212 g/mol. The summed E-state index contributed by atoms with van der Waals surface area (Å²) in [6.45, 7) is 6.82. The predicted octanol–water partition coefficient (Wildman–Crippen LogP) is 1.18. The number of nitrogens with zero attached hydrogens (tertiary/aromatic N) is 1. The fraction of sp³-hybridized carbons (Fsp3) is 1.00. The molecule has 0 aliphatic carbocycles. The van der Waals surface area contributed by atoms with E-state index in [1.807, 2.05) is 13.8 Å². The van der Waals surface area contributed by atoms with Gasteiger partial charge in [0.1, 0.15) is 0 Å². The Hall–Kier alpha value is -0.130. The zero-order valence-corrected chi connectivity index (χ0v) is 10.9. The lowest BCUT2D eigenvalue weighted by atomic mass is 10.2. The summed E-state index contributed by atoms with van der Waals surface area (Å²) in [4.78, 5) is 0. The van der Waals surface area contributed by atoms with E-state index in [9.17, 15) is 8.42 Å². The summed E-state index contributed by atoms with van der Waals surface area (Å²) in [6, 6.07) is 0.0769. The van der Waals surface area contributed by atoms with Crippen LogP contribution in [0.1, 0.15) is 40.0 Å². The molecule has 5 heteroatoms. The molecule has 0 heterocycles. The van der Waals surface area contributed by atoms with Gasteiger partial charge >= 0.3 is 0 Å². The van der Waals surface area contributed by atoms with E-state index in [-0.39, 0.29) is 18.3 Å². The number of hydrogen-bond acceptors (Lipinski definition) is 3. The summed E-state index contributed by atoms with van der Waals surface area (Å²) in [5, 5.41) is 0. The van der Waals surface area contributed by atoms with Crippen molar-refractivity contribution in [3.63, 3.8) is 0 Å². The van der Waals surface area contributed by atoms with Gasteiger partial charge in [0.2, 0.25) is 10.0 Å². The first kappa shape index (κ1) is 14.9. The summed E-state index contributed by atoms with van der Waals surface area (Å²) in [7, 11) is -3.15. The summed E-state index contributed by atoms with van der Waals surface area (Å²) in [5.41, 5.74) is 5.32. The Kier molecular flexibility index (Phi) is 7.13. The van der Waals surface area contributed by atoms with E-state index in [0.717, 1.165) is 19.3 Å². The molecule has 0 bridgehead atoms. The maximum atomic E-state index is 11.9. The van der Waals surface area contributed by atoms with Crippen molar-refractivity contribution in [3.8, 4) is 0 Å². The first-order valence-electron chi connectivity index (χ1n) is 5.69. The van der Waals surface area contributed by atoms with Crippen LogP contribution in [0.2, 0.25) is 0 Å². The molecule has 1 atom stereocenters. The number of rotatable bonds is 8. The van der Waals surface area contributed by atoms with E-state index < -0.39 is 10.0 Å². The van der Waals surface area contributed by atoms with Crippen LogP contribution in [0.5, 0.6) is 0 Å². The number of sulfonamides is 1. The van der Waals surface area contributed by atoms with Crippen molar-refractivity contribution in [2.24, 2.45) is 5.73 Å². The maximum Gasteiger partial charge on any atom is 0.215 e. The molecule has 4 nitrogen and oxygen atoms in total. The third-order valence-electron chi connectivity index (χ3n) is 2.55. The largest absolute Gasteiger partial charge is 0.329 e. The second-order valence-electron chi connectivity index (χ2n) is 3.83. The van der Waals surface area contributed by atoms with Gasteiger partial charge in [0.25, 0.3) is 0 Å². The Morgan fingerprint density at radius 1 is 1.33 bits per heavy atom. The van der Waals surface area contributed by atoms with Gasteiger partial charge in [0.05, 0.1) is 5.75 Å². The molecule has 2 N–H and O–H groups in total.